The van der Waals surface area contributed by atoms with Gasteiger partial charge in [-0.1, -0.05) is 40.2 Å². The first kappa shape index (κ1) is 16.6. The summed E-state index contributed by atoms with van der Waals surface area (Å²) in [5.41, 5.74) is 7.12. The van der Waals surface area contributed by atoms with Crippen molar-refractivity contribution in [1.29, 1.82) is 0 Å². The smallest absolute Gasteiger partial charge is 0.189 e. The zero-order valence-corrected chi connectivity index (χ0v) is 14.8. The van der Waals surface area contributed by atoms with Gasteiger partial charge in [-0.05, 0) is 24.3 Å². The maximum absolute atomic E-state index is 6.00. The Morgan fingerprint density at radius 2 is 2.17 bits per heavy atom. The third-order valence-corrected chi connectivity index (χ3v) is 4.21. The molecular weight excluding hydrogens is 370 g/mol. The number of hydrogen-bond donors (Lipinski definition) is 2. The van der Waals surface area contributed by atoms with E-state index in [0.29, 0.717) is 25.7 Å². The van der Waals surface area contributed by atoms with Gasteiger partial charge in [0.05, 0.1) is 19.2 Å². The number of ether oxygens (including phenoxy) is 2. The number of aliphatic imine (C=N–C) groups is 1. The Bertz CT molecular complexity index is 721. The Morgan fingerprint density at radius 1 is 1.29 bits per heavy atom. The van der Waals surface area contributed by atoms with Crippen LogP contribution in [-0.2, 0) is 0 Å². The molecule has 6 heteroatoms. The molecule has 0 fully saturated rings. The van der Waals surface area contributed by atoms with Gasteiger partial charge in [-0.25, -0.2) is 4.99 Å². The van der Waals surface area contributed by atoms with E-state index in [0.717, 1.165) is 28.0 Å². The van der Waals surface area contributed by atoms with Crippen LogP contribution in [0.3, 0.4) is 0 Å². The molecule has 0 aromatic heterocycles. The van der Waals surface area contributed by atoms with Crippen LogP contribution in [-0.4, -0.2) is 25.7 Å². The summed E-state index contributed by atoms with van der Waals surface area (Å²) in [6, 6.07) is 15.8. The summed E-state index contributed by atoms with van der Waals surface area (Å²) in [5, 5.41) is 3.27. The van der Waals surface area contributed by atoms with E-state index >= 15 is 0 Å². The molecule has 24 heavy (non-hydrogen) atoms. The van der Waals surface area contributed by atoms with Gasteiger partial charge in [0.15, 0.2) is 5.96 Å². The molecule has 0 saturated heterocycles. The molecule has 0 saturated carbocycles. The number of rotatable bonds is 5. The summed E-state index contributed by atoms with van der Waals surface area (Å²) >= 11 is 3.42. The van der Waals surface area contributed by atoms with Gasteiger partial charge >= 0.3 is 0 Å². The summed E-state index contributed by atoms with van der Waals surface area (Å²) in [6.07, 6.45) is 0.863. The van der Waals surface area contributed by atoms with Crippen molar-refractivity contribution in [2.75, 3.05) is 19.8 Å². The van der Waals surface area contributed by atoms with Gasteiger partial charge in [0.2, 0.25) is 0 Å². The molecule has 0 spiro atoms. The van der Waals surface area contributed by atoms with E-state index in [1.54, 1.807) is 0 Å². The van der Waals surface area contributed by atoms with Crippen LogP contribution in [0.15, 0.2) is 58.0 Å². The van der Waals surface area contributed by atoms with Crippen LogP contribution in [0.4, 0.5) is 0 Å². The minimum atomic E-state index is 0.129. The van der Waals surface area contributed by atoms with E-state index in [1.165, 1.54) is 0 Å². The molecule has 126 valence electrons. The van der Waals surface area contributed by atoms with Gasteiger partial charge in [-0.2, -0.15) is 0 Å². The van der Waals surface area contributed by atoms with Crippen LogP contribution >= 0.6 is 15.9 Å². The first-order valence-corrected chi connectivity index (χ1v) is 8.68. The summed E-state index contributed by atoms with van der Waals surface area (Å²) < 4.78 is 12.3. The van der Waals surface area contributed by atoms with Crippen LogP contribution in [0.2, 0.25) is 0 Å². The first-order chi connectivity index (χ1) is 11.7. The fraction of sp³-hybridized carbons (Fsp3) is 0.278. The number of nitrogens with zero attached hydrogens (tertiary/aromatic N) is 1. The highest BCUT2D eigenvalue weighted by atomic mass is 79.9. The minimum absolute atomic E-state index is 0.129. The lowest BCUT2D eigenvalue weighted by Crippen LogP contribution is -2.37. The highest BCUT2D eigenvalue weighted by Crippen LogP contribution is 2.31. The molecule has 2 aromatic rings. The number of benzene rings is 2. The standard InChI is InChI=1S/C18H20BrN3O2/c19-13-4-3-5-14(12-13)23-11-9-21-18(20)22-16-8-10-24-17-7-2-1-6-15(16)17/h1-7,12,16H,8-11H2,(H3,20,21,22). The molecule has 0 radical (unpaired) electrons. The van der Waals surface area contributed by atoms with Crippen molar-refractivity contribution in [3.63, 3.8) is 0 Å². The second-order valence-electron chi connectivity index (χ2n) is 5.44. The minimum Gasteiger partial charge on any atom is -0.493 e. The fourth-order valence-electron chi connectivity index (χ4n) is 2.60. The number of nitrogens with one attached hydrogen (secondary N) is 1. The Kier molecular flexibility index (Phi) is 5.59. The Hall–Kier alpha value is -2.21. The van der Waals surface area contributed by atoms with Gasteiger partial charge < -0.3 is 20.5 Å². The Balaban J connectivity index is 1.50. The molecule has 1 unspecified atom stereocenters. The SMILES string of the molecule is NC(=NCCOc1cccc(Br)c1)NC1CCOc2ccccc21. The lowest BCUT2D eigenvalue weighted by molar-refractivity contribution is 0.262. The van der Waals surface area contributed by atoms with Crippen molar-refractivity contribution < 1.29 is 9.47 Å². The maximum atomic E-state index is 6.00. The van der Waals surface area contributed by atoms with E-state index in [1.807, 2.05) is 42.5 Å². The predicted octanol–water partition coefficient (Wildman–Crippen LogP) is 3.26. The van der Waals surface area contributed by atoms with E-state index in [9.17, 15) is 0 Å². The number of halogens is 1. The topological polar surface area (TPSA) is 68.9 Å². The summed E-state index contributed by atoms with van der Waals surface area (Å²) in [4.78, 5) is 4.33. The number of nitrogens with two attached hydrogens (primary N) is 1. The molecule has 3 rings (SSSR count). The molecule has 1 heterocycles. The molecule has 1 aliphatic heterocycles. The second-order valence-corrected chi connectivity index (χ2v) is 6.36. The van der Waals surface area contributed by atoms with Gasteiger partial charge in [-0.3, -0.25) is 0 Å². The normalized spacial score (nSPS) is 16.9. The molecule has 1 atom stereocenters. The van der Waals surface area contributed by atoms with Gasteiger partial charge in [-0.15, -0.1) is 0 Å². The maximum Gasteiger partial charge on any atom is 0.189 e. The molecule has 0 bridgehead atoms. The molecule has 2 aromatic carbocycles. The third-order valence-electron chi connectivity index (χ3n) is 3.72. The lowest BCUT2D eigenvalue weighted by Gasteiger charge is -2.26. The van der Waals surface area contributed by atoms with E-state index < -0.39 is 0 Å². The zero-order chi connectivity index (χ0) is 16.8. The van der Waals surface area contributed by atoms with Gasteiger partial charge in [0.25, 0.3) is 0 Å². The molecule has 5 nitrogen and oxygen atoms in total. The number of fused-ring (bicyclic) bond motifs is 1. The van der Waals surface area contributed by atoms with Crippen molar-refractivity contribution >= 4 is 21.9 Å². The highest BCUT2D eigenvalue weighted by Gasteiger charge is 2.21. The van der Waals surface area contributed by atoms with Crippen molar-refractivity contribution in [2.24, 2.45) is 10.7 Å². The second kappa shape index (κ2) is 8.06. The Morgan fingerprint density at radius 3 is 3.04 bits per heavy atom. The van der Waals surface area contributed by atoms with Crippen molar-refractivity contribution in [2.45, 2.75) is 12.5 Å². The first-order valence-electron chi connectivity index (χ1n) is 7.89. The highest BCUT2D eigenvalue weighted by molar-refractivity contribution is 9.10. The quantitative estimate of drug-likeness (QED) is 0.467. The van der Waals surface area contributed by atoms with Crippen molar-refractivity contribution in [1.82, 2.24) is 5.32 Å². The lowest BCUT2D eigenvalue weighted by atomic mass is 10.0. The van der Waals surface area contributed by atoms with Crippen molar-refractivity contribution in [3.8, 4) is 11.5 Å². The van der Waals surface area contributed by atoms with Crippen LogP contribution in [0.5, 0.6) is 11.5 Å². The molecule has 0 aliphatic carbocycles. The predicted molar refractivity (Wildman–Crippen MR) is 98.6 cm³/mol. The van der Waals surface area contributed by atoms with E-state index in [4.69, 9.17) is 15.2 Å². The van der Waals surface area contributed by atoms with E-state index in [-0.39, 0.29) is 6.04 Å². The number of guanidine groups is 1. The number of hydrogen-bond acceptors (Lipinski definition) is 3. The molecule has 3 N–H and O–H groups in total. The Labute approximate surface area is 150 Å². The average molecular weight is 390 g/mol. The summed E-state index contributed by atoms with van der Waals surface area (Å²) in [5.74, 6) is 2.14. The van der Waals surface area contributed by atoms with E-state index in [2.05, 4.69) is 32.3 Å². The van der Waals surface area contributed by atoms with Gasteiger partial charge in [0.1, 0.15) is 18.1 Å². The summed E-state index contributed by atoms with van der Waals surface area (Å²) in [7, 11) is 0. The van der Waals surface area contributed by atoms with Crippen LogP contribution in [0.1, 0.15) is 18.0 Å². The molecular formula is C18H20BrN3O2. The number of para-hydroxylation sites is 1. The molecule has 0 amide bonds. The van der Waals surface area contributed by atoms with Gasteiger partial charge in [0, 0.05) is 16.5 Å². The van der Waals surface area contributed by atoms with Crippen LogP contribution in [0.25, 0.3) is 0 Å². The summed E-state index contributed by atoms with van der Waals surface area (Å²) in [6.45, 7) is 1.65. The average Bonchev–Trinajstić information content (AvgIpc) is 2.59. The van der Waals surface area contributed by atoms with Crippen LogP contribution in [0, 0.1) is 0 Å². The fourth-order valence-corrected chi connectivity index (χ4v) is 2.98. The molecule has 1 aliphatic rings. The monoisotopic (exact) mass is 389 g/mol. The van der Waals surface area contributed by atoms with Crippen molar-refractivity contribution in [3.05, 3.63) is 58.6 Å². The zero-order valence-electron chi connectivity index (χ0n) is 13.2. The van der Waals surface area contributed by atoms with Crippen LogP contribution < -0.4 is 20.5 Å². The third kappa shape index (κ3) is 4.41. The largest absolute Gasteiger partial charge is 0.493 e.